The second-order valence-corrected chi connectivity index (χ2v) is 6.29. The van der Waals surface area contributed by atoms with Crippen LogP contribution in [0.15, 0.2) is 23.1 Å². The molecule has 7 heteroatoms. The lowest BCUT2D eigenvalue weighted by molar-refractivity contribution is 0.182. The first kappa shape index (κ1) is 15.9. The number of aliphatic hydroxyl groups is 1. The molecule has 1 atom stereocenters. The molecule has 0 radical (unpaired) electrons. The average Bonchev–Trinajstić information content (AvgIpc) is 2.35. The van der Waals surface area contributed by atoms with Gasteiger partial charge in [-0.15, -0.1) is 0 Å². The third-order valence-corrected chi connectivity index (χ3v) is 4.38. The van der Waals surface area contributed by atoms with Crippen molar-refractivity contribution in [3.63, 3.8) is 0 Å². The van der Waals surface area contributed by atoms with Crippen LogP contribution >= 0.6 is 11.6 Å². The molecule has 0 heterocycles. The van der Waals surface area contributed by atoms with Gasteiger partial charge in [0, 0.05) is 6.54 Å². The van der Waals surface area contributed by atoms with Crippen LogP contribution in [0.5, 0.6) is 0 Å². The lowest BCUT2D eigenvalue weighted by Gasteiger charge is -2.09. The first-order valence-corrected chi connectivity index (χ1v) is 7.60. The molecule has 1 aromatic rings. The van der Waals surface area contributed by atoms with Gasteiger partial charge in [-0.1, -0.05) is 11.6 Å². The highest BCUT2D eigenvalue weighted by Gasteiger charge is 2.18. The summed E-state index contributed by atoms with van der Waals surface area (Å²) >= 11 is 5.83. The van der Waals surface area contributed by atoms with E-state index in [0.717, 1.165) is 0 Å². The van der Waals surface area contributed by atoms with Gasteiger partial charge < -0.3 is 5.11 Å². The van der Waals surface area contributed by atoms with Crippen LogP contribution in [0, 0.1) is 11.3 Å². The molecule has 0 amide bonds. The van der Waals surface area contributed by atoms with Gasteiger partial charge in [0.15, 0.2) is 0 Å². The molecular weight excluding hydrogens is 288 g/mol. The van der Waals surface area contributed by atoms with Gasteiger partial charge in [0.25, 0.3) is 0 Å². The fourth-order valence-electron chi connectivity index (χ4n) is 1.46. The Bertz CT molecular complexity index is 579. The minimum absolute atomic E-state index is 0.0713. The highest BCUT2D eigenvalue weighted by molar-refractivity contribution is 7.89. The fourth-order valence-corrected chi connectivity index (χ4v) is 3.06. The van der Waals surface area contributed by atoms with Crippen LogP contribution in [0.3, 0.4) is 0 Å². The molecule has 1 aromatic carbocycles. The van der Waals surface area contributed by atoms with Crippen molar-refractivity contribution in [2.24, 2.45) is 0 Å². The molecule has 19 heavy (non-hydrogen) atoms. The molecule has 0 bridgehead atoms. The van der Waals surface area contributed by atoms with E-state index in [2.05, 4.69) is 4.72 Å². The molecule has 0 saturated heterocycles. The van der Waals surface area contributed by atoms with Crippen LogP contribution in [0.2, 0.25) is 5.02 Å². The smallest absolute Gasteiger partial charge is 0.242 e. The zero-order chi connectivity index (χ0) is 14.5. The Kier molecular flexibility index (Phi) is 5.76. The predicted molar refractivity (Wildman–Crippen MR) is 72.3 cm³/mol. The molecule has 0 fully saturated rings. The fraction of sp³-hybridized carbons (Fsp3) is 0.417. The van der Waals surface area contributed by atoms with Crippen LogP contribution in [-0.4, -0.2) is 26.2 Å². The van der Waals surface area contributed by atoms with Gasteiger partial charge in [0.2, 0.25) is 10.0 Å². The number of benzene rings is 1. The number of nitriles is 1. The molecule has 0 aliphatic carbocycles. The lowest BCUT2D eigenvalue weighted by Crippen LogP contribution is -2.25. The van der Waals surface area contributed by atoms with Crippen molar-refractivity contribution in [3.05, 3.63) is 28.8 Å². The van der Waals surface area contributed by atoms with Gasteiger partial charge in [-0.2, -0.15) is 5.26 Å². The molecule has 1 unspecified atom stereocenters. The van der Waals surface area contributed by atoms with Crippen LogP contribution < -0.4 is 4.72 Å². The standard InChI is InChI=1S/C12H15ClN2O3S/c1-9(16)3-2-6-15-19(17,18)12-7-10(8-14)4-5-11(12)13/h4-5,7,9,15-16H,2-3,6H2,1H3. The number of nitrogens with zero attached hydrogens (tertiary/aromatic N) is 1. The Labute approximate surface area is 117 Å². The van der Waals surface area contributed by atoms with Crippen LogP contribution in [0.1, 0.15) is 25.3 Å². The van der Waals surface area contributed by atoms with E-state index >= 15 is 0 Å². The third-order valence-electron chi connectivity index (χ3n) is 2.44. The maximum absolute atomic E-state index is 12.0. The van der Waals surface area contributed by atoms with Crippen molar-refractivity contribution in [1.82, 2.24) is 4.72 Å². The zero-order valence-electron chi connectivity index (χ0n) is 10.4. The van der Waals surface area contributed by atoms with Crippen molar-refractivity contribution in [3.8, 4) is 6.07 Å². The van der Waals surface area contributed by atoms with Crippen molar-refractivity contribution < 1.29 is 13.5 Å². The van der Waals surface area contributed by atoms with Gasteiger partial charge in [0.05, 0.1) is 22.8 Å². The molecule has 104 valence electrons. The summed E-state index contributed by atoms with van der Waals surface area (Å²) in [7, 11) is -3.74. The lowest BCUT2D eigenvalue weighted by atomic mass is 10.2. The van der Waals surface area contributed by atoms with E-state index in [0.29, 0.717) is 12.8 Å². The van der Waals surface area contributed by atoms with E-state index in [1.165, 1.54) is 18.2 Å². The summed E-state index contributed by atoms with van der Waals surface area (Å²) in [5, 5.41) is 17.9. The summed E-state index contributed by atoms with van der Waals surface area (Å²) in [6.07, 6.45) is 0.566. The number of aliphatic hydroxyl groups excluding tert-OH is 1. The van der Waals surface area contributed by atoms with E-state index in [1.54, 1.807) is 6.92 Å². The average molecular weight is 303 g/mol. The predicted octanol–water partition coefficient (Wildman–Crippen LogP) is 1.65. The Morgan fingerprint density at radius 2 is 2.21 bits per heavy atom. The quantitative estimate of drug-likeness (QED) is 0.782. The molecule has 0 aliphatic heterocycles. The van der Waals surface area contributed by atoms with E-state index in [-0.39, 0.29) is 22.0 Å². The van der Waals surface area contributed by atoms with E-state index in [1.807, 2.05) is 6.07 Å². The SMILES string of the molecule is CC(O)CCCNS(=O)(=O)c1cc(C#N)ccc1Cl. The molecule has 1 rings (SSSR count). The number of hydrogen-bond donors (Lipinski definition) is 2. The van der Waals surface area contributed by atoms with Gasteiger partial charge in [-0.3, -0.25) is 0 Å². The molecule has 2 N–H and O–H groups in total. The third kappa shape index (κ3) is 4.80. The first-order chi connectivity index (χ1) is 8.86. The maximum Gasteiger partial charge on any atom is 0.242 e. The van der Waals surface area contributed by atoms with E-state index in [4.69, 9.17) is 22.0 Å². The summed E-state index contributed by atoms with van der Waals surface area (Å²) < 4.78 is 26.4. The highest BCUT2D eigenvalue weighted by Crippen LogP contribution is 2.22. The highest BCUT2D eigenvalue weighted by atomic mass is 35.5. The molecule has 0 spiro atoms. The summed E-state index contributed by atoms with van der Waals surface area (Å²) in [6.45, 7) is 1.85. The van der Waals surface area contributed by atoms with Gasteiger partial charge >= 0.3 is 0 Å². The van der Waals surface area contributed by atoms with Gasteiger partial charge in [-0.25, -0.2) is 13.1 Å². The van der Waals surface area contributed by atoms with E-state index in [9.17, 15) is 8.42 Å². The maximum atomic E-state index is 12.0. The first-order valence-electron chi connectivity index (χ1n) is 5.74. The van der Waals surface area contributed by atoms with Gasteiger partial charge in [-0.05, 0) is 38.0 Å². The summed E-state index contributed by atoms with van der Waals surface area (Å²) in [5.41, 5.74) is 0.230. The second kappa shape index (κ2) is 6.87. The molecule has 0 aromatic heterocycles. The summed E-state index contributed by atoms with van der Waals surface area (Å²) in [5.74, 6) is 0. The zero-order valence-corrected chi connectivity index (χ0v) is 12.0. The Hall–Kier alpha value is -1.13. The molecule has 0 saturated carbocycles. The number of sulfonamides is 1. The van der Waals surface area contributed by atoms with Crippen molar-refractivity contribution in [1.29, 1.82) is 5.26 Å². The Balaban J connectivity index is 2.80. The minimum atomic E-state index is -3.74. The topological polar surface area (TPSA) is 90.2 Å². The largest absolute Gasteiger partial charge is 0.393 e. The molecular formula is C12H15ClN2O3S. The number of rotatable bonds is 6. The summed E-state index contributed by atoms with van der Waals surface area (Å²) in [6, 6.07) is 5.93. The van der Waals surface area contributed by atoms with Crippen LogP contribution in [-0.2, 0) is 10.0 Å². The number of nitrogens with one attached hydrogen (secondary N) is 1. The Morgan fingerprint density at radius 3 is 2.79 bits per heavy atom. The molecule has 0 aliphatic rings. The van der Waals surface area contributed by atoms with Crippen LogP contribution in [0.4, 0.5) is 0 Å². The van der Waals surface area contributed by atoms with Gasteiger partial charge in [0.1, 0.15) is 4.90 Å². The number of halogens is 1. The van der Waals surface area contributed by atoms with Crippen molar-refractivity contribution in [2.45, 2.75) is 30.8 Å². The van der Waals surface area contributed by atoms with Crippen molar-refractivity contribution in [2.75, 3.05) is 6.54 Å². The van der Waals surface area contributed by atoms with Crippen molar-refractivity contribution >= 4 is 21.6 Å². The summed E-state index contributed by atoms with van der Waals surface area (Å²) in [4.78, 5) is -0.106. The van der Waals surface area contributed by atoms with E-state index < -0.39 is 16.1 Å². The Morgan fingerprint density at radius 1 is 1.53 bits per heavy atom. The second-order valence-electron chi connectivity index (χ2n) is 4.15. The monoisotopic (exact) mass is 302 g/mol. The van der Waals surface area contributed by atoms with Crippen LogP contribution in [0.25, 0.3) is 0 Å². The molecule has 5 nitrogen and oxygen atoms in total. The normalized spacial score (nSPS) is 12.9. The number of hydrogen-bond acceptors (Lipinski definition) is 4. The minimum Gasteiger partial charge on any atom is -0.393 e.